The Morgan fingerprint density at radius 1 is 1.13 bits per heavy atom. The van der Waals surface area contributed by atoms with Crippen molar-refractivity contribution in [1.29, 1.82) is 0 Å². The second-order valence-corrected chi connectivity index (χ2v) is 5.83. The minimum Gasteiger partial charge on any atom is -0.484 e. The number of benzene rings is 1. The molecule has 0 aliphatic carbocycles. The summed E-state index contributed by atoms with van der Waals surface area (Å²) in [6.07, 6.45) is -0.473. The van der Waals surface area contributed by atoms with E-state index in [0.717, 1.165) is 11.1 Å². The highest BCUT2D eigenvalue weighted by molar-refractivity contribution is 5.77. The molecule has 1 aromatic rings. The molecule has 0 fully saturated rings. The van der Waals surface area contributed by atoms with Crippen LogP contribution in [0.5, 0.6) is 5.75 Å². The van der Waals surface area contributed by atoms with E-state index in [9.17, 15) is 9.59 Å². The second-order valence-electron chi connectivity index (χ2n) is 5.83. The Morgan fingerprint density at radius 2 is 1.83 bits per heavy atom. The summed E-state index contributed by atoms with van der Waals surface area (Å²) in [5.41, 5.74) is 2.14. The molecule has 0 saturated heterocycles. The third-order valence-electron chi connectivity index (χ3n) is 2.95. The summed E-state index contributed by atoms with van der Waals surface area (Å²) in [7, 11) is 0. The fraction of sp³-hybridized carbons (Fsp3) is 0.529. The summed E-state index contributed by atoms with van der Waals surface area (Å²) < 4.78 is 10.4. The van der Waals surface area contributed by atoms with Crippen LogP contribution in [0.1, 0.15) is 25.0 Å². The van der Waals surface area contributed by atoms with Crippen LogP contribution in [-0.2, 0) is 9.53 Å². The lowest BCUT2D eigenvalue weighted by Gasteiger charge is -2.11. The smallest absolute Gasteiger partial charge is 0.407 e. The van der Waals surface area contributed by atoms with Gasteiger partial charge in [-0.25, -0.2) is 4.79 Å². The van der Waals surface area contributed by atoms with E-state index in [1.54, 1.807) is 0 Å². The SMILES string of the molecule is Cc1ccc(OCC(=O)NCCNC(=O)OCC(C)C)c(C)c1. The van der Waals surface area contributed by atoms with Gasteiger partial charge in [0.2, 0.25) is 0 Å². The monoisotopic (exact) mass is 322 g/mol. The number of rotatable bonds is 8. The fourth-order valence-corrected chi connectivity index (χ4v) is 1.82. The van der Waals surface area contributed by atoms with Crippen molar-refractivity contribution in [3.63, 3.8) is 0 Å². The van der Waals surface area contributed by atoms with Gasteiger partial charge in [0.25, 0.3) is 5.91 Å². The summed E-state index contributed by atoms with van der Waals surface area (Å²) in [4.78, 5) is 23.0. The molecular weight excluding hydrogens is 296 g/mol. The maximum atomic E-state index is 11.7. The van der Waals surface area contributed by atoms with E-state index >= 15 is 0 Å². The number of ether oxygens (including phenoxy) is 2. The number of alkyl carbamates (subject to hydrolysis) is 1. The molecule has 0 radical (unpaired) electrons. The minimum absolute atomic E-state index is 0.0539. The van der Waals surface area contributed by atoms with Crippen molar-refractivity contribution in [3.05, 3.63) is 29.3 Å². The molecule has 128 valence electrons. The molecule has 6 nitrogen and oxygen atoms in total. The van der Waals surface area contributed by atoms with Gasteiger partial charge in [-0.15, -0.1) is 0 Å². The molecule has 0 aliphatic heterocycles. The number of hydrogen-bond donors (Lipinski definition) is 2. The minimum atomic E-state index is -0.473. The van der Waals surface area contributed by atoms with Crippen LogP contribution >= 0.6 is 0 Å². The number of nitrogens with one attached hydrogen (secondary N) is 2. The zero-order valence-electron chi connectivity index (χ0n) is 14.3. The Labute approximate surface area is 137 Å². The predicted octanol–water partition coefficient (Wildman–Crippen LogP) is 2.18. The summed E-state index contributed by atoms with van der Waals surface area (Å²) in [5.74, 6) is 0.756. The van der Waals surface area contributed by atoms with Gasteiger partial charge >= 0.3 is 6.09 Å². The molecule has 1 rings (SSSR count). The molecular formula is C17H26N2O4. The third kappa shape index (κ3) is 8.09. The highest BCUT2D eigenvalue weighted by Crippen LogP contribution is 2.18. The number of carbonyl (C=O) groups is 2. The second kappa shape index (κ2) is 9.71. The van der Waals surface area contributed by atoms with Crippen molar-refractivity contribution >= 4 is 12.0 Å². The van der Waals surface area contributed by atoms with Crippen LogP contribution in [-0.4, -0.2) is 38.3 Å². The van der Waals surface area contributed by atoms with Crippen LogP contribution in [0.4, 0.5) is 4.79 Å². The molecule has 0 bridgehead atoms. The van der Waals surface area contributed by atoms with Crippen molar-refractivity contribution in [2.24, 2.45) is 5.92 Å². The first-order valence-electron chi connectivity index (χ1n) is 7.76. The van der Waals surface area contributed by atoms with E-state index in [-0.39, 0.29) is 12.5 Å². The van der Waals surface area contributed by atoms with Crippen LogP contribution in [0, 0.1) is 19.8 Å². The maximum absolute atomic E-state index is 11.7. The van der Waals surface area contributed by atoms with Crippen molar-refractivity contribution < 1.29 is 19.1 Å². The summed E-state index contributed by atoms with van der Waals surface area (Å²) in [6, 6.07) is 5.79. The maximum Gasteiger partial charge on any atom is 0.407 e. The van der Waals surface area contributed by atoms with Gasteiger partial charge in [0, 0.05) is 13.1 Å². The van der Waals surface area contributed by atoms with Crippen molar-refractivity contribution in [2.45, 2.75) is 27.7 Å². The average Bonchev–Trinajstić information content (AvgIpc) is 2.48. The number of amides is 2. The van der Waals surface area contributed by atoms with Gasteiger partial charge < -0.3 is 20.1 Å². The molecule has 0 atom stereocenters. The zero-order chi connectivity index (χ0) is 17.2. The molecule has 0 spiro atoms. The fourth-order valence-electron chi connectivity index (χ4n) is 1.82. The lowest BCUT2D eigenvalue weighted by atomic mass is 10.1. The lowest BCUT2D eigenvalue weighted by Crippen LogP contribution is -2.37. The average molecular weight is 322 g/mol. The van der Waals surface area contributed by atoms with Gasteiger partial charge in [0.15, 0.2) is 6.61 Å². The standard InChI is InChI=1S/C17H26N2O4/c1-12(2)10-23-17(21)19-8-7-18-16(20)11-22-15-6-5-13(3)9-14(15)4/h5-6,9,12H,7-8,10-11H2,1-4H3,(H,18,20)(H,19,21). The van der Waals surface area contributed by atoms with Crippen LogP contribution < -0.4 is 15.4 Å². The Bertz CT molecular complexity index is 529. The zero-order valence-corrected chi connectivity index (χ0v) is 14.3. The van der Waals surface area contributed by atoms with E-state index < -0.39 is 6.09 Å². The van der Waals surface area contributed by atoms with E-state index in [0.29, 0.717) is 31.4 Å². The molecule has 23 heavy (non-hydrogen) atoms. The normalized spacial score (nSPS) is 10.3. The number of carbonyl (C=O) groups excluding carboxylic acids is 2. The Hall–Kier alpha value is -2.24. The van der Waals surface area contributed by atoms with E-state index in [1.807, 2.05) is 45.9 Å². The van der Waals surface area contributed by atoms with Crippen molar-refractivity contribution in [3.8, 4) is 5.75 Å². The molecule has 2 N–H and O–H groups in total. The number of hydrogen-bond acceptors (Lipinski definition) is 4. The van der Waals surface area contributed by atoms with Gasteiger partial charge in [-0.05, 0) is 31.4 Å². The highest BCUT2D eigenvalue weighted by Gasteiger charge is 2.06. The molecule has 2 amide bonds. The van der Waals surface area contributed by atoms with Crippen molar-refractivity contribution in [2.75, 3.05) is 26.3 Å². The van der Waals surface area contributed by atoms with Crippen LogP contribution in [0.2, 0.25) is 0 Å². The van der Waals surface area contributed by atoms with Gasteiger partial charge in [-0.2, -0.15) is 0 Å². The molecule has 0 aliphatic rings. The van der Waals surface area contributed by atoms with E-state index in [2.05, 4.69) is 10.6 Å². The Morgan fingerprint density at radius 3 is 2.48 bits per heavy atom. The van der Waals surface area contributed by atoms with Gasteiger partial charge in [0.1, 0.15) is 5.75 Å². The molecule has 0 saturated carbocycles. The topological polar surface area (TPSA) is 76.7 Å². The van der Waals surface area contributed by atoms with Crippen molar-refractivity contribution in [1.82, 2.24) is 10.6 Å². The molecule has 6 heteroatoms. The summed E-state index contributed by atoms with van der Waals surface area (Å²) >= 11 is 0. The first-order chi connectivity index (χ1) is 10.9. The first-order valence-corrected chi connectivity index (χ1v) is 7.76. The lowest BCUT2D eigenvalue weighted by molar-refractivity contribution is -0.123. The van der Waals surface area contributed by atoms with Crippen LogP contribution in [0.15, 0.2) is 18.2 Å². The summed E-state index contributed by atoms with van der Waals surface area (Å²) in [5, 5.41) is 5.24. The largest absolute Gasteiger partial charge is 0.484 e. The third-order valence-corrected chi connectivity index (χ3v) is 2.95. The quantitative estimate of drug-likeness (QED) is 0.719. The first kappa shape index (κ1) is 18.8. The van der Waals surface area contributed by atoms with E-state index in [1.165, 1.54) is 0 Å². The van der Waals surface area contributed by atoms with E-state index in [4.69, 9.17) is 9.47 Å². The molecule has 1 aromatic carbocycles. The Balaban J connectivity index is 2.16. The summed E-state index contributed by atoms with van der Waals surface area (Å²) in [6.45, 7) is 8.82. The van der Waals surface area contributed by atoms with Gasteiger partial charge in [-0.1, -0.05) is 31.5 Å². The van der Waals surface area contributed by atoms with Crippen LogP contribution in [0.25, 0.3) is 0 Å². The van der Waals surface area contributed by atoms with Gasteiger partial charge in [0.05, 0.1) is 6.61 Å². The highest BCUT2D eigenvalue weighted by atomic mass is 16.5. The molecule has 0 aromatic heterocycles. The Kier molecular flexibility index (Phi) is 7.94. The molecule has 0 heterocycles. The van der Waals surface area contributed by atoms with Crippen LogP contribution in [0.3, 0.4) is 0 Å². The molecule has 0 unspecified atom stereocenters. The number of aryl methyl sites for hydroxylation is 2. The predicted molar refractivity (Wildman–Crippen MR) is 88.6 cm³/mol. The van der Waals surface area contributed by atoms with Gasteiger partial charge in [-0.3, -0.25) is 4.79 Å².